The van der Waals surface area contributed by atoms with Gasteiger partial charge in [0.2, 0.25) is 11.8 Å². The molecule has 4 nitrogen and oxygen atoms in total. The molecule has 0 bridgehead atoms. The van der Waals surface area contributed by atoms with Crippen LogP contribution in [-0.4, -0.2) is 24.5 Å². The van der Waals surface area contributed by atoms with Crippen molar-refractivity contribution in [1.82, 2.24) is 0 Å². The van der Waals surface area contributed by atoms with Crippen molar-refractivity contribution in [1.29, 1.82) is 10.8 Å². The lowest BCUT2D eigenvalue weighted by molar-refractivity contribution is 0.151. The van der Waals surface area contributed by atoms with E-state index >= 15 is 0 Å². The molecule has 4 heteroatoms. The quantitative estimate of drug-likeness (QED) is 0.458. The van der Waals surface area contributed by atoms with Crippen LogP contribution in [-0.2, 0) is 9.47 Å². The molecule has 66 valence electrons. The Bertz CT molecular complexity index is 266. The lowest BCUT2D eigenvalue weighted by Gasteiger charge is -2.21. The van der Waals surface area contributed by atoms with Crippen molar-refractivity contribution in [3.05, 3.63) is 11.6 Å². The van der Waals surface area contributed by atoms with Gasteiger partial charge in [-0.2, -0.15) is 0 Å². The van der Waals surface area contributed by atoms with Crippen LogP contribution in [0.1, 0.15) is 13.8 Å². The summed E-state index contributed by atoms with van der Waals surface area (Å²) in [5, 5.41) is 14.7. The third-order valence-electron chi connectivity index (χ3n) is 1.74. The predicted octanol–water partition coefficient (Wildman–Crippen LogP) is 1.32. The zero-order valence-corrected chi connectivity index (χ0v) is 7.39. The van der Waals surface area contributed by atoms with Crippen LogP contribution in [0.2, 0.25) is 0 Å². The molecule has 1 rings (SSSR count). The average Bonchev–Trinajstić information content (AvgIpc) is 2.23. The SMILES string of the molecule is COC(=N)C1=CC(=N)OC1(C)C. The van der Waals surface area contributed by atoms with Gasteiger partial charge >= 0.3 is 0 Å². The lowest BCUT2D eigenvalue weighted by atomic mass is 10.00. The van der Waals surface area contributed by atoms with Crippen LogP contribution in [0.4, 0.5) is 0 Å². The van der Waals surface area contributed by atoms with E-state index < -0.39 is 5.60 Å². The standard InChI is InChI=1S/C8H12N2O2/c1-8(2)5(7(10)11-3)4-6(9)12-8/h4,9-10H,1-3H3. The highest BCUT2D eigenvalue weighted by Crippen LogP contribution is 2.27. The zero-order valence-electron chi connectivity index (χ0n) is 7.39. The third kappa shape index (κ3) is 1.32. The van der Waals surface area contributed by atoms with E-state index in [9.17, 15) is 0 Å². The van der Waals surface area contributed by atoms with Gasteiger partial charge in [0.25, 0.3) is 0 Å². The molecule has 0 aromatic carbocycles. The molecule has 0 amide bonds. The van der Waals surface area contributed by atoms with Crippen molar-refractivity contribution in [2.24, 2.45) is 0 Å². The van der Waals surface area contributed by atoms with Crippen LogP contribution in [0.5, 0.6) is 0 Å². The Kier molecular flexibility index (Phi) is 1.92. The molecule has 1 aliphatic rings. The highest BCUT2D eigenvalue weighted by molar-refractivity contribution is 6.03. The van der Waals surface area contributed by atoms with Crippen molar-refractivity contribution in [3.8, 4) is 0 Å². The monoisotopic (exact) mass is 168 g/mol. The topological polar surface area (TPSA) is 66.2 Å². The molecular formula is C8H12N2O2. The minimum Gasteiger partial charge on any atom is -0.481 e. The number of hydrogen-bond donors (Lipinski definition) is 2. The van der Waals surface area contributed by atoms with Gasteiger partial charge in [0, 0.05) is 6.08 Å². The number of rotatable bonds is 1. The molecule has 12 heavy (non-hydrogen) atoms. The molecule has 1 heterocycles. The van der Waals surface area contributed by atoms with Crippen LogP contribution in [0, 0.1) is 10.8 Å². The van der Waals surface area contributed by atoms with E-state index in [1.54, 1.807) is 13.8 Å². The zero-order chi connectivity index (χ0) is 9.35. The molecule has 0 spiro atoms. The summed E-state index contributed by atoms with van der Waals surface area (Å²) in [6.07, 6.45) is 1.51. The fourth-order valence-corrected chi connectivity index (χ4v) is 1.11. The first-order valence-corrected chi connectivity index (χ1v) is 3.60. The summed E-state index contributed by atoms with van der Waals surface area (Å²) in [5.41, 5.74) is -0.000486. The Morgan fingerprint density at radius 1 is 1.58 bits per heavy atom. The smallest absolute Gasteiger partial charge is 0.213 e. The maximum Gasteiger partial charge on any atom is 0.213 e. The van der Waals surface area contributed by atoms with E-state index in [1.165, 1.54) is 13.2 Å². The Balaban J connectivity index is 2.95. The molecule has 0 aromatic rings. The molecule has 0 saturated carbocycles. The van der Waals surface area contributed by atoms with Gasteiger partial charge in [-0.15, -0.1) is 0 Å². The van der Waals surface area contributed by atoms with Crippen molar-refractivity contribution in [3.63, 3.8) is 0 Å². The second kappa shape index (κ2) is 2.62. The van der Waals surface area contributed by atoms with Gasteiger partial charge in [-0.3, -0.25) is 10.8 Å². The summed E-state index contributed by atoms with van der Waals surface area (Å²) in [6, 6.07) is 0. The maximum absolute atomic E-state index is 7.41. The summed E-state index contributed by atoms with van der Waals surface area (Å²) in [7, 11) is 1.43. The first-order chi connectivity index (χ1) is 5.47. The van der Waals surface area contributed by atoms with Gasteiger partial charge in [0.15, 0.2) is 0 Å². The number of nitrogens with one attached hydrogen (secondary N) is 2. The number of ether oxygens (including phenoxy) is 2. The lowest BCUT2D eigenvalue weighted by Crippen LogP contribution is -2.27. The highest BCUT2D eigenvalue weighted by atomic mass is 16.5. The number of hydrogen-bond acceptors (Lipinski definition) is 4. The van der Waals surface area contributed by atoms with Crippen LogP contribution in [0.15, 0.2) is 11.6 Å². The van der Waals surface area contributed by atoms with Crippen molar-refractivity contribution in [2.75, 3.05) is 7.11 Å². The maximum atomic E-state index is 7.41. The fraction of sp³-hybridized carbons (Fsp3) is 0.500. The van der Waals surface area contributed by atoms with Crippen LogP contribution < -0.4 is 0 Å². The van der Waals surface area contributed by atoms with Crippen LogP contribution in [0.25, 0.3) is 0 Å². The second-order valence-corrected chi connectivity index (χ2v) is 3.07. The summed E-state index contributed by atoms with van der Waals surface area (Å²) >= 11 is 0. The summed E-state index contributed by atoms with van der Waals surface area (Å²) in [4.78, 5) is 0. The van der Waals surface area contributed by atoms with E-state index in [4.69, 9.17) is 20.3 Å². The summed E-state index contributed by atoms with van der Waals surface area (Å²) in [6.45, 7) is 3.60. The molecule has 0 fully saturated rings. The van der Waals surface area contributed by atoms with Gasteiger partial charge < -0.3 is 9.47 Å². The van der Waals surface area contributed by atoms with E-state index in [1.807, 2.05) is 0 Å². The minimum absolute atomic E-state index is 0.0576. The van der Waals surface area contributed by atoms with Gasteiger partial charge in [-0.05, 0) is 13.8 Å². The Hall–Kier alpha value is -1.32. The van der Waals surface area contributed by atoms with Gasteiger partial charge in [-0.1, -0.05) is 0 Å². The van der Waals surface area contributed by atoms with Crippen molar-refractivity contribution >= 4 is 11.8 Å². The first-order valence-electron chi connectivity index (χ1n) is 3.60. The van der Waals surface area contributed by atoms with E-state index in [-0.39, 0.29) is 11.8 Å². The molecule has 0 aliphatic carbocycles. The van der Waals surface area contributed by atoms with E-state index in [0.717, 1.165) is 0 Å². The summed E-state index contributed by atoms with van der Waals surface area (Å²) < 4.78 is 9.91. The summed E-state index contributed by atoms with van der Waals surface area (Å²) in [5.74, 6) is 0.138. The van der Waals surface area contributed by atoms with Crippen LogP contribution >= 0.6 is 0 Å². The minimum atomic E-state index is -0.607. The molecule has 0 radical (unpaired) electrons. The molecule has 1 aliphatic heterocycles. The Morgan fingerprint density at radius 2 is 2.17 bits per heavy atom. The molecule has 0 atom stereocenters. The van der Waals surface area contributed by atoms with Crippen molar-refractivity contribution in [2.45, 2.75) is 19.4 Å². The normalized spacial score (nSPS) is 19.9. The molecular weight excluding hydrogens is 156 g/mol. The highest BCUT2D eigenvalue weighted by Gasteiger charge is 2.35. The number of methoxy groups -OCH3 is 1. The average molecular weight is 168 g/mol. The molecule has 0 aromatic heterocycles. The van der Waals surface area contributed by atoms with E-state index in [0.29, 0.717) is 5.57 Å². The molecule has 0 saturated heterocycles. The second-order valence-electron chi connectivity index (χ2n) is 3.07. The van der Waals surface area contributed by atoms with Gasteiger partial charge in [0.1, 0.15) is 5.60 Å². The van der Waals surface area contributed by atoms with Gasteiger partial charge in [0.05, 0.1) is 12.7 Å². The van der Waals surface area contributed by atoms with E-state index in [2.05, 4.69) is 0 Å². The molecule has 0 unspecified atom stereocenters. The Labute approximate surface area is 71.2 Å². The third-order valence-corrected chi connectivity index (χ3v) is 1.74. The fourth-order valence-electron chi connectivity index (χ4n) is 1.11. The Morgan fingerprint density at radius 3 is 2.50 bits per heavy atom. The predicted molar refractivity (Wildman–Crippen MR) is 45.7 cm³/mol. The van der Waals surface area contributed by atoms with Crippen LogP contribution in [0.3, 0.4) is 0 Å². The largest absolute Gasteiger partial charge is 0.481 e. The van der Waals surface area contributed by atoms with Gasteiger partial charge in [-0.25, -0.2) is 0 Å². The first kappa shape index (κ1) is 8.77. The molecule has 2 N–H and O–H groups in total. The van der Waals surface area contributed by atoms with Crippen molar-refractivity contribution < 1.29 is 9.47 Å².